The first-order chi connectivity index (χ1) is 14.1. The molecule has 0 unspecified atom stereocenters. The van der Waals surface area contributed by atoms with Crippen molar-refractivity contribution < 1.29 is 14.3 Å². The van der Waals surface area contributed by atoms with E-state index in [1.54, 1.807) is 17.8 Å². The number of nitrogens with zero attached hydrogens (tertiary/aromatic N) is 3. The molecule has 9 heteroatoms. The van der Waals surface area contributed by atoms with Crippen LogP contribution in [-0.4, -0.2) is 46.8 Å². The molecule has 1 saturated carbocycles. The highest BCUT2D eigenvalue weighted by atomic mass is 16.5. The molecule has 2 aromatic heterocycles. The normalized spacial score (nSPS) is 20.8. The molecule has 6 bridgehead atoms. The average molecular weight is 394 g/mol. The number of hydrogen-bond acceptors (Lipinski definition) is 7. The minimum Gasteiger partial charge on any atom is -0.495 e. The third-order valence-corrected chi connectivity index (χ3v) is 5.41. The summed E-state index contributed by atoms with van der Waals surface area (Å²) in [5, 5.41) is 14.1. The third-order valence-electron chi connectivity index (χ3n) is 5.41. The summed E-state index contributed by atoms with van der Waals surface area (Å²) in [7, 11) is 3.44. The first-order valence-electron chi connectivity index (χ1n) is 9.57. The van der Waals surface area contributed by atoms with Gasteiger partial charge in [-0.3, -0.25) is 4.79 Å². The monoisotopic (exact) mass is 394 g/mol. The fourth-order valence-corrected chi connectivity index (χ4v) is 3.74. The predicted octanol–water partition coefficient (Wildman–Crippen LogP) is 2.31. The maximum Gasteiger partial charge on any atom is 0.271 e. The van der Waals surface area contributed by atoms with Gasteiger partial charge in [0.2, 0.25) is 0 Å². The maximum absolute atomic E-state index is 12.8. The third kappa shape index (κ3) is 3.13. The molecule has 3 aromatic rings. The molecule has 1 amide bonds. The summed E-state index contributed by atoms with van der Waals surface area (Å²) in [6.45, 7) is 0.502. The lowest BCUT2D eigenvalue weighted by atomic mass is 9.89. The van der Waals surface area contributed by atoms with Gasteiger partial charge in [-0.15, -0.1) is 5.10 Å². The lowest BCUT2D eigenvalue weighted by molar-refractivity contribution is -0.0251. The number of benzene rings is 1. The Morgan fingerprint density at radius 1 is 1.31 bits per heavy atom. The Morgan fingerprint density at radius 3 is 2.97 bits per heavy atom. The Morgan fingerprint density at radius 2 is 2.17 bits per heavy atom. The standard InChI is InChI=1S/C20H22N6O3/c1-21-15-8-18-24-14-5-11(3-4-17(14)28-2)10-29-13-6-12(7-13)23-20(27)16-9-22-19(15)26(16)25-18/h3-5,8-9,12-13,21H,6-7,10H2,1-2H3,(H,23,27)(H,24,25). The molecule has 0 atom stereocenters. The van der Waals surface area contributed by atoms with Crippen LogP contribution in [0.25, 0.3) is 5.65 Å². The van der Waals surface area contributed by atoms with Crippen molar-refractivity contribution in [3.05, 3.63) is 41.7 Å². The summed E-state index contributed by atoms with van der Waals surface area (Å²) in [4.78, 5) is 17.2. The number of fused-ring (bicyclic) bond motifs is 2. The number of carbonyl (C=O) groups is 1. The number of aromatic nitrogens is 3. The molecule has 3 N–H and O–H groups in total. The van der Waals surface area contributed by atoms with Crippen molar-refractivity contribution in [2.45, 2.75) is 31.6 Å². The van der Waals surface area contributed by atoms with Crippen LogP contribution in [0, 0.1) is 0 Å². The van der Waals surface area contributed by atoms with Crippen molar-refractivity contribution in [1.29, 1.82) is 0 Å². The summed E-state index contributed by atoms with van der Waals surface area (Å²) in [5.74, 6) is 1.06. The van der Waals surface area contributed by atoms with Crippen molar-refractivity contribution in [2.75, 3.05) is 24.8 Å². The number of ether oxygens (including phenoxy) is 2. The number of anilines is 3. The number of imidazole rings is 1. The predicted molar refractivity (Wildman–Crippen MR) is 108 cm³/mol. The van der Waals surface area contributed by atoms with Crippen molar-refractivity contribution in [1.82, 2.24) is 19.9 Å². The Hall–Kier alpha value is -3.33. The van der Waals surface area contributed by atoms with Crippen molar-refractivity contribution >= 4 is 28.7 Å². The Balaban J connectivity index is 1.64. The highest BCUT2D eigenvalue weighted by molar-refractivity contribution is 5.94. The summed E-state index contributed by atoms with van der Waals surface area (Å²) < 4.78 is 13.1. The SMILES string of the molecule is CNc1cc2nn3c(cnc13)C(=O)NC1CC(C1)OCc1ccc(OC)c(c1)N2. The molecule has 0 radical (unpaired) electrons. The van der Waals surface area contributed by atoms with Crippen LogP contribution >= 0.6 is 0 Å². The van der Waals surface area contributed by atoms with E-state index >= 15 is 0 Å². The van der Waals surface area contributed by atoms with Crippen LogP contribution in [0.15, 0.2) is 30.5 Å². The Labute approximate surface area is 167 Å². The van der Waals surface area contributed by atoms with E-state index in [4.69, 9.17) is 9.47 Å². The van der Waals surface area contributed by atoms with Gasteiger partial charge in [-0.1, -0.05) is 6.07 Å². The molecule has 9 nitrogen and oxygen atoms in total. The van der Waals surface area contributed by atoms with Crippen LogP contribution in [0.3, 0.4) is 0 Å². The molecular formula is C20H22N6O3. The summed E-state index contributed by atoms with van der Waals surface area (Å²) in [5.41, 5.74) is 3.54. The highest BCUT2D eigenvalue weighted by Crippen LogP contribution is 2.31. The van der Waals surface area contributed by atoms with Crippen LogP contribution in [-0.2, 0) is 11.3 Å². The van der Waals surface area contributed by atoms with Gasteiger partial charge in [-0.2, -0.15) is 0 Å². The molecule has 1 aromatic carbocycles. The largest absolute Gasteiger partial charge is 0.495 e. The number of hydrogen-bond donors (Lipinski definition) is 3. The zero-order chi connectivity index (χ0) is 20.0. The molecule has 3 aliphatic rings. The van der Waals surface area contributed by atoms with E-state index in [-0.39, 0.29) is 18.1 Å². The molecule has 6 rings (SSSR count). The van der Waals surface area contributed by atoms with E-state index in [0.29, 0.717) is 29.5 Å². The van der Waals surface area contributed by atoms with Gasteiger partial charge in [0.05, 0.1) is 37.4 Å². The second-order valence-electron chi connectivity index (χ2n) is 7.31. The van der Waals surface area contributed by atoms with E-state index in [0.717, 1.165) is 29.8 Å². The first-order valence-corrected chi connectivity index (χ1v) is 9.57. The summed E-state index contributed by atoms with van der Waals surface area (Å²) in [6.07, 6.45) is 3.28. The van der Waals surface area contributed by atoms with E-state index in [1.165, 1.54) is 0 Å². The number of methoxy groups -OCH3 is 1. The second-order valence-corrected chi connectivity index (χ2v) is 7.31. The average Bonchev–Trinajstić information content (AvgIpc) is 3.12. The van der Waals surface area contributed by atoms with Gasteiger partial charge in [0.15, 0.2) is 17.2 Å². The molecule has 2 aliphatic heterocycles. The van der Waals surface area contributed by atoms with E-state index in [1.807, 2.05) is 31.3 Å². The zero-order valence-electron chi connectivity index (χ0n) is 16.2. The lowest BCUT2D eigenvalue weighted by Gasteiger charge is -2.35. The first kappa shape index (κ1) is 17.7. The zero-order valence-corrected chi connectivity index (χ0v) is 16.2. The Kier molecular flexibility index (Phi) is 4.24. The minimum atomic E-state index is -0.194. The molecule has 29 heavy (non-hydrogen) atoms. The van der Waals surface area contributed by atoms with Gasteiger partial charge in [0, 0.05) is 19.2 Å². The van der Waals surface area contributed by atoms with Crippen molar-refractivity contribution in [3.63, 3.8) is 0 Å². The molecule has 150 valence electrons. The molecular weight excluding hydrogens is 372 g/mol. The highest BCUT2D eigenvalue weighted by Gasteiger charge is 2.32. The summed E-state index contributed by atoms with van der Waals surface area (Å²) in [6, 6.07) is 7.84. The van der Waals surface area contributed by atoms with Crippen LogP contribution in [0.5, 0.6) is 5.75 Å². The van der Waals surface area contributed by atoms with Crippen LogP contribution in [0.4, 0.5) is 17.2 Å². The van der Waals surface area contributed by atoms with E-state index in [9.17, 15) is 4.79 Å². The molecule has 4 heterocycles. The molecule has 1 aliphatic carbocycles. The molecule has 1 fully saturated rings. The maximum atomic E-state index is 12.8. The van der Waals surface area contributed by atoms with Gasteiger partial charge in [0.25, 0.3) is 5.91 Å². The van der Waals surface area contributed by atoms with Gasteiger partial charge in [0.1, 0.15) is 5.75 Å². The number of nitrogens with one attached hydrogen (secondary N) is 3. The smallest absolute Gasteiger partial charge is 0.271 e. The van der Waals surface area contributed by atoms with Crippen molar-refractivity contribution in [3.8, 4) is 5.75 Å². The quantitative estimate of drug-likeness (QED) is 0.613. The van der Waals surface area contributed by atoms with Crippen LogP contribution in [0.2, 0.25) is 0 Å². The number of amides is 1. The van der Waals surface area contributed by atoms with Crippen molar-refractivity contribution in [2.24, 2.45) is 0 Å². The fraction of sp³-hybridized carbons (Fsp3) is 0.350. The van der Waals surface area contributed by atoms with Gasteiger partial charge in [-0.05, 0) is 30.5 Å². The van der Waals surface area contributed by atoms with Crippen LogP contribution < -0.4 is 20.7 Å². The van der Waals surface area contributed by atoms with E-state index < -0.39 is 0 Å². The second kappa shape index (κ2) is 6.93. The van der Waals surface area contributed by atoms with Gasteiger partial charge in [-0.25, -0.2) is 9.50 Å². The molecule has 0 saturated heterocycles. The topological polar surface area (TPSA) is 102 Å². The molecule has 0 spiro atoms. The summed E-state index contributed by atoms with van der Waals surface area (Å²) >= 11 is 0. The van der Waals surface area contributed by atoms with Gasteiger partial charge < -0.3 is 25.4 Å². The number of carbonyl (C=O) groups excluding carboxylic acids is 1. The Bertz CT molecular complexity index is 1090. The minimum absolute atomic E-state index is 0.0969. The lowest BCUT2D eigenvalue weighted by Crippen LogP contribution is -2.48. The van der Waals surface area contributed by atoms with Gasteiger partial charge >= 0.3 is 0 Å². The number of rotatable bonds is 2. The fourth-order valence-electron chi connectivity index (χ4n) is 3.74. The van der Waals surface area contributed by atoms with E-state index in [2.05, 4.69) is 26.0 Å². The van der Waals surface area contributed by atoms with Crippen LogP contribution in [0.1, 0.15) is 28.9 Å².